The molecule has 6 unspecified atom stereocenters. The summed E-state index contributed by atoms with van der Waals surface area (Å²) in [6.45, 7) is 9.24. The zero-order valence-electron chi connectivity index (χ0n) is 17.0. The van der Waals surface area contributed by atoms with Gasteiger partial charge in [-0.1, -0.05) is 52.9 Å². The van der Waals surface area contributed by atoms with Crippen LogP contribution >= 0.6 is 0 Å². The van der Waals surface area contributed by atoms with Gasteiger partial charge in [-0.3, -0.25) is 0 Å². The lowest BCUT2D eigenvalue weighted by molar-refractivity contribution is -0.218. The van der Waals surface area contributed by atoms with Crippen LogP contribution in [0.1, 0.15) is 91.9 Å². The van der Waals surface area contributed by atoms with E-state index in [-0.39, 0.29) is 36.3 Å². The fourth-order valence-corrected chi connectivity index (χ4v) is 5.16. The number of ether oxygens (including phenoxy) is 1. The summed E-state index contributed by atoms with van der Waals surface area (Å²) in [6.07, 6.45) is 11.1. The van der Waals surface area contributed by atoms with Gasteiger partial charge in [0.15, 0.2) is 0 Å². The summed E-state index contributed by atoms with van der Waals surface area (Å²) in [7, 11) is 0. The van der Waals surface area contributed by atoms with E-state index in [1.165, 1.54) is 32.1 Å². The van der Waals surface area contributed by atoms with Gasteiger partial charge in [-0.15, -0.1) is 0 Å². The normalized spacial score (nSPS) is 38.8. The van der Waals surface area contributed by atoms with E-state index in [0.717, 1.165) is 38.0 Å². The Labute approximate surface area is 155 Å². The van der Waals surface area contributed by atoms with Gasteiger partial charge in [0.05, 0.1) is 17.8 Å². The van der Waals surface area contributed by atoms with Gasteiger partial charge in [0.1, 0.15) is 0 Å². The summed E-state index contributed by atoms with van der Waals surface area (Å²) in [5.41, 5.74) is -0.0749. The van der Waals surface area contributed by atoms with Crippen molar-refractivity contribution in [2.75, 3.05) is 6.61 Å². The molecule has 1 saturated heterocycles. The number of aliphatic hydroxyl groups excluding tert-OH is 2. The summed E-state index contributed by atoms with van der Waals surface area (Å²) in [5, 5.41) is 20.8. The van der Waals surface area contributed by atoms with Crippen LogP contribution in [0.25, 0.3) is 0 Å². The predicted molar refractivity (Wildman–Crippen MR) is 104 cm³/mol. The second kappa shape index (κ2) is 9.71. The van der Waals surface area contributed by atoms with Crippen molar-refractivity contribution < 1.29 is 14.9 Å². The molecule has 2 rings (SSSR count). The first-order valence-electron chi connectivity index (χ1n) is 10.9. The largest absolute Gasteiger partial charge is 0.396 e. The Bertz CT molecular complexity index is 379. The van der Waals surface area contributed by atoms with E-state index < -0.39 is 0 Å². The highest BCUT2D eigenvalue weighted by Gasteiger charge is 2.49. The molecule has 1 aliphatic heterocycles. The third-order valence-electron chi connectivity index (χ3n) is 6.79. The smallest absolute Gasteiger partial charge is 0.0688 e. The van der Waals surface area contributed by atoms with Crippen molar-refractivity contribution in [1.82, 2.24) is 0 Å². The van der Waals surface area contributed by atoms with Crippen LogP contribution in [0.15, 0.2) is 0 Å². The molecule has 2 N–H and O–H groups in total. The lowest BCUT2D eigenvalue weighted by atomic mass is 9.65. The zero-order valence-corrected chi connectivity index (χ0v) is 17.0. The van der Waals surface area contributed by atoms with Crippen molar-refractivity contribution in [1.29, 1.82) is 0 Å². The second-order valence-electron chi connectivity index (χ2n) is 9.43. The molecule has 148 valence electrons. The third-order valence-corrected chi connectivity index (χ3v) is 6.79. The van der Waals surface area contributed by atoms with Gasteiger partial charge in [0.2, 0.25) is 0 Å². The Kier molecular flexibility index (Phi) is 8.23. The molecule has 2 fully saturated rings. The third kappa shape index (κ3) is 5.68. The van der Waals surface area contributed by atoms with E-state index in [9.17, 15) is 10.2 Å². The molecule has 0 aromatic heterocycles. The molecule has 1 aliphatic carbocycles. The molecular weight excluding hydrogens is 312 g/mol. The number of fused-ring (bicyclic) bond motifs is 1. The predicted octanol–water partition coefficient (Wildman–Crippen LogP) is 4.94. The maximum atomic E-state index is 10.7. The van der Waals surface area contributed by atoms with E-state index >= 15 is 0 Å². The van der Waals surface area contributed by atoms with Crippen molar-refractivity contribution in [3.63, 3.8) is 0 Å². The number of unbranched alkanes of at least 4 members (excludes halogenated alkanes) is 2. The molecule has 3 nitrogen and oxygen atoms in total. The van der Waals surface area contributed by atoms with Crippen LogP contribution in [0.2, 0.25) is 0 Å². The van der Waals surface area contributed by atoms with E-state index in [4.69, 9.17) is 4.74 Å². The number of hydrogen-bond acceptors (Lipinski definition) is 3. The molecule has 1 saturated carbocycles. The van der Waals surface area contributed by atoms with Gasteiger partial charge in [0.25, 0.3) is 0 Å². The van der Waals surface area contributed by atoms with E-state index in [0.29, 0.717) is 5.92 Å². The monoisotopic (exact) mass is 354 g/mol. The first kappa shape index (κ1) is 21.2. The highest BCUT2D eigenvalue weighted by molar-refractivity contribution is 4.98. The van der Waals surface area contributed by atoms with Crippen molar-refractivity contribution in [2.24, 2.45) is 23.7 Å². The first-order valence-corrected chi connectivity index (χ1v) is 10.9. The lowest BCUT2D eigenvalue weighted by Gasteiger charge is -2.52. The summed E-state index contributed by atoms with van der Waals surface area (Å²) in [5.74, 6) is 1.57. The maximum absolute atomic E-state index is 10.7. The van der Waals surface area contributed by atoms with Crippen molar-refractivity contribution in [3.8, 4) is 0 Å². The second-order valence-corrected chi connectivity index (χ2v) is 9.43. The standard InChI is InChI=1S/C22H42O3/c1-5-6-7-10-17-14-20(24)18-11-13-22(4,12-8-9-16(2)3)25-21(18)19(17)15-23/h16-21,23-24H,5-15H2,1-4H3. The Morgan fingerprint density at radius 3 is 2.60 bits per heavy atom. The summed E-state index contributed by atoms with van der Waals surface area (Å²) < 4.78 is 6.65. The van der Waals surface area contributed by atoms with Crippen molar-refractivity contribution in [2.45, 2.75) is 110 Å². The molecular formula is C22H42O3. The van der Waals surface area contributed by atoms with Gasteiger partial charge in [-0.05, 0) is 50.9 Å². The summed E-state index contributed by atoms with van der Waals surface area (Å²) in [4.78, 5) is 0. The van der Waals surface area contributed by atoms with E-state index in [1.54, 1.807) is 0 Å². The lowest BCUT2D eigenvalue weighted by Crippen LogP contribution is -2.55. The summed E-state index contributed by atoms with van der Waals surface area (Å²) >= 11 is 0. The Balaban J connectivity index is 2.01. The molecule has 0 aromatic rings. The topological polar surface area (TPSA) is 49.7 Å². The van der Waals surface area contributed by atoms with Gasteiger partial charge in [-0.25, -0.2) is 0 Å². The van der Waals surface area contributed by atoms with Crippen LogP contribution in [0.5, 0.6) is 0 Å². The number of hydrogen-bond donors (Lipinski definition) is 2. The average Bonchev–Trinajstić information content (AvgIpc) is 2.54. The van der Waals surface area contributed by atoms with Gasteiger partial charge >= 0.3 is 0 Å². The van der Waals surface area contributed by atoms with Crippen molar-refractivity contribution in [3.05, 3.63) is 0 Å². The van der Waals surface area contributed by atoms with E-state index in [2.05, 4.69) is 27.7 Å². The average molecular weight is 355 g/mol. The van der Waals surface area contributed by atoms with Crippen LogP contribution in [0.4, 0.5) is 0 Å². The summed E-state index contributed by atoms with van der Waals surface area (Å²) in [6, 6.07) is 0. The van der Waals surface area contributed by atoms with E-state index in [1.807, 2.05) is 0 Å². The van der Waals surface area contributed by atoms with Gasteiger partial charge < -0.3 is 14.9 Å². The minimum absolute atomic E-state index is 0.0400. The maximum Gasteiger partial charge on any atom is 0.0688 e. The minimum Gasteiger partial charge on any atom is -0.396 e. The molecule has 2 aliphatic rings. The molecule has 3 heteroatoms. The molecule has 0 aromatic carbocycles. The quantitative estimate of drug-likeness (QED) is 0.577. The number of aliphatic hydroxyl groups is 2. The van der Waals surface area contributed by atoms with Crippen molar-refractivity contribution >= 4 is 0 Å². The molecule has 6 atom stereocenters. The molecule has 0 radical (unpaired) electrons. The highest BCUT2D eigenvalue weighted by atomic mass is 16.5. The fourth-order valence-electron chi connectivity index (χ4n) is 5.16. The fraction of sp³-hybridized carbons (Fsp3) is 1.00. The molecule has 1 heterocycles. The molecule has 0 spiro atoms. The minimum atomic E-state index is -0.250. The zero-order chi connectivity index (χ0) is 18.4. The van der Waals surface area contributed by atoms with Crippen LogP contribution < -0.4 is 0 Å². The number of rotatable bonds is 9. The Hall–Kier alpha value is -0.120. The van der Waals surface area contributed by atoms with Crippen LogP contribution in [-0.4, -0.2) is 34.6 Å². The Morgan fingerprint density at radius 2 is 1.96 bits per heavy atom. The molecule has 0 bridgehead atoms. The van der Waals surface area contributed by atoms with Crippen LogP contribution in [0, 0.1) is 23.7 Å². The van der Waals surface area contributed by atoms with Gasteiger partial charge in [-0.2, -0.15) is 0 Å². The van der Waals surface area contributed by atoms with Crippen LogP contribution in [0.3, 0.4) is 0 Å². The Morgan fingerprint density at radius 1 is 1.20 bits per heavy atom. The first-order chi connectivity index (χ1) is 11.9. The van der Waals surface area contributed by atoms with Crippen LogP contribution in [-0.2, 0) is 4.74 Å². The molecule has 25 heavy (non-hydrogen) atoms. The molecule has 0 amide bonds. The highest BCUT2D eigenvalue weighted by Crippen LogP contribution is 2.47. The van der Waals surface area contributed by atoms with Gasteiger partial charge in [0, 0.05) is 18.4 Å². The SMILES string of the molecule is CCCCCC1CC(O)C2CCC(C)(CCCC(C)C)OC2C1CO.